The van der Waals surface area contributed by atoms with Crippen LogP contribution in [-0.4, -0.2) is 12.6 Å². The second kappa shape index (κ2) is 6.93. The van der Waals surface area contributed by atoms with Gasteiger partial charge in [-0.05, 0) is 18.6 Å². The molecule has 0 bridgehead atoms. The van der Waals surface area contributed by atoms with Crippen molar-refractivity contribution in [3.05, 3.63) is 42.0 Å². The molecular formula is C17H21N3. The predicted molar refractivity (Wildman–Crippen MR) is 84.7 cm³/mol. The Morgan fingerprint density at radius 3 is 2.60 bits per heavy atom. The minimum absolute atomic E-state index is 0.284. The number of nitriles is 1. The maximum atomic E-state index is 9.18. The van der Waals surface area contributed by atoms with E-state index in [1.807, 2.05) is 36.4 Å². The number of nitrogens with two attached hydrogens (primary N) is 1. The molecule has 0 spiro atoms. The number of anilines is 1. The highest BCUT2D eigenvalue weighted by atomic mass is 14.9. The summed E-state index contributed by atoms with van der Waals surface area (Å²) in [6.07, 6.45) is 3.41. The van der Waals surface area contributed by atoms with Crippen LogP contribution in [-0.2, 0) is 0 Å². The van der Waals surface area contributed by atoms with Gasteiger partial charge < -0.3 is 11.1 Å². The molecule has 0 radical (unpaired) electrons. The Balaban J connectivity index is 2.33. The zero-order valence-corrected chi connectivity index (χ0v) is 11.9. The van der Waals surface area contributed by atoms with E-state index >= 15 is 0 Å². The van der Waals surface area contributed by atoms with Crippen molar-refractivity contribution in [2.24, 2.45) is 5.73 Å². The second-order valence-corrected chi connectivity index (χ2v) is 5.04. The van der Waals surface area contributed by atoms with Gasteiger partial charge in [0, 0.05) is 29.0 Å². The molecule has 1 unspecified atom stereocenters. The van der Waals surface area contributed by atoms with Gasteiger partial charge in [0.05, 0.1) is 11.6 Å². The number of nitrogens with zero attached hydrogens (tertiary/aromatic N) is 1. The van der Waals surface area contributed by atoms with Crippen LogP contribution in [0, 0.1) is 11.3 Å². The van der Waals surface area contributed by atoms with Crippen LogP contribution < -0.4 is 11.1 Å². The van der Waals surface area contributed by atoms with Gasteiger partial charge in [-0.1, -0.05) is 44.0 Å². The molecule has 0 aliphatic heterocycles. The van der Waals surface area contributed by atoms with E-state index < -0.39 is 0 Å². The molecule has 3 nitrogen and oxygen atoms in total. The van der Waals surface area contributed by atoms with Crippen molar-refractivity contribution >= 4 is 16.5 Å². The Hall–Kier alpha value is -2.05. The van der Waals surface area contributed by atoms with Crippen LogP contribution in [0.2, 0.25) is 0 Å². The molecule has 0 fully saturated rings. The van der Waals surface area contributed by atoms with Crippen LogP contribution in [0.1, 0.15) is 31.7 Å². The molecule has 0 saturated heterocycles. The fraction of sp³-hybridized carbons (Fsp3) is 0.353. The third-order valence-corrected chi connectivity index (χ3v) is 3.59. The molecular weight excluding hydrogens is 246 g/mol. The van der Waals surface area contributed by atoms with Gasteiger partial charge in [-0.25, -0.2) is 0 Å². The van der Waals surface area contributed by atoms with Crippen LogP contribution in [0.5, 0.6) is 0 Å². The summed E-state index contributed by atoms with van der Waals surface area (Å²) < 4.78 is 0. The third-order valence-electron chi connectivity index (χ3n) is 3.59. The average molecular weight is 267 g/mol. The smallest absolute Gasteiger partial charge is 0.0998 e. The van der Waals surface area contributed by atoms with Gasteiger partial charge in [0.1, 0.15) is 0 Å². The number of nitrogens with one attached hydrogen (secondary N) is 1. The van der Waals surface area contributed by atoms with E-state index in [2.05, 4.69) is 18.3 Å². The quantitative estimate of drug-likeness (QED) is 0.840. The number of rotatable bonds is 6. The molecule has 0 saturated carbocycles. The highest BCUT2D eigenvalue weighted by molar-refractivity contribution is 5.97. The average Bonchev–Trinajstić information content (AvgIpc) is 2.51. The predicted octanol–water partition coefficient (Wildman–Crippen LogP) is 3.64. The highest BCUT2D eigenvalue weighted by Gasteiger charge is 2.09. The van der Waals surface area contributed by atoms with Crippen molar-refractivity contribution in [3.63, 3.8) is 0 Å². The van der Waals surface area contributed by atoms with E-state index in [4.69, 9.17) is 5.73 Å². The Morgan fingerprint density at radius 2 is 1.95 bits per heavy atom. The summed E-state index contributed by atoms with van der Waals surface area (Å²) in [5.74, 6) is 0. The van der Waals surface area contributed by atoms with Crippen molar-refractivity contribution < 1.29 is 0 Å². The SMILES string of the molecule is CCCCC(CN)Nc1ccc(C#N)c2ccccc12. The summed E-state index contributed by atoms with van der Waals surface area (Å²) in [4.78, 5) is 0. The number of unbranched alkanes of at least 4 members (excludes halogenated alkanes) is 1. The maximum absolute atomic E-state index is 9.18. The van der Waals surface area contributed by atoms with E-state index in [9.17, 15) is 5.26 Å². The van der Waals surface area contributed by atoms with Crippen LogP contribution in [0.25, 0.3) is 10.8 Å². The summed E-state index contributed by atoms with van der Waals surface area (Å²) in [6, 6.07) is 14.4. The molecule has 3 heteroatoms. The van der Waals surface area contributed by atoms with Crippen molar-refractivity contribution in [2.75, 3.05) is 11.9 Å². The Labute approximate surface area is 120 Å². The van der Waals surface area contributed by atoms with Crippen molar-refractivity contribution in [1.82, 2.24) is 0 Å². The zero-order valence-electron chi connectivity index (χ0n) is 11.9. The Kier molecular flexibility index (Phi) is 4.97. The molecule has 20 heavy (non-hydrogen) atoms. The van der Waals surface area contributed by atoms with E-state index in [1.165, 1.54) is 12.8 Å². The molecule has 3 N–H and O–H groups in total. The molecule has 0 heterocycles. The monoisotopic (exact) mass is 267 g/mol. The molecule has 2 rings (SSSR count). The molecule has 0 amide bonds. The number of benzene rings is 2. The van der Waals surface area contributed by atoms with E-state index in [0.29, 0.717) is 12.1 Å². The summed E-state index contributed by atoms with van der Waals surface area (Å²) in [6.45, 7) is 2.80. The van der Waals surface area contributed by atoms with Crippen molar-refractivity contribution in [1.29, 1.82) is 5.26 Å². The van der Waals surface area contributed by atoms with Crippen LogP contribution >= 0.6 is 0 Å². The van der Waals surface area contributed by atoms with Gasteiger partial charge in [0.25, 0.3) is 0 Å². The van der Waals surface area contributed by atoms with Gasteiger partial charge in [0.2, 0.25) is 0 Å². The zero-order chi connectivity index (χ0) is 14.4. The number of fused-ring (bicyclic) bond motifs is 1. The third kappa shape index (κ3) is 3.09. The fourth-order valence-electron chi connectivity index (χ4n) is 2.44. The van der Waals surface area contributed by atoms with Gasteiger partial charge in [-0.2, -0.15) is 5.26 Å². The van der Waals surface area contributed by atoms with E-state index in [1.54, 1.807) is 0 Å². The first-order chi connectivity index (χ1) is 9.80. The number of hydrogen-bond donors (Lipinski definition) is 2. The fourth-order valence-corrected chi connectivity index (χ4v) is 2.44. The first kappa shape index (κ1) is 14.4. The molecule has 0 aliphatic rings. The topological polar surface area (TPSA) is 61.8 Å². The first-order valence-electron chi connectivity index (χ1n) is 7.18. The molecule has 0 aliphatic carbocycles. The molecule has 1 atom stereocenters. The van der Waals surface area contributed by atoms with Crippen molar-refractivity contribution in [2.45, 2.75) is 32.2 Å². The summed E-state index contributed by atoms with van der Waals surface area (Å²) >= 11 is 0. The van der Waals surface area contributed by atoms with Crippen LogP contribution in [0.4, 0.5) is 5.69 Å². The van der Waals surface area contributed by atoms with Crippen LogP contribution in [0.15, 0.2) is 36.4 Å². The van der Waals surface area contributed by atoms with Gasteiger partial charge in [-0.15, -0.1) is 0 Å². The molecule has 2 aromatic rings. The second-order valence-electron chi connectivity index (χ2n) is 5.04. The minimum atomic E-state index is 0.284. The Bertz CT molecular complexity index is 613. The lowest BCUT2D eigenvalue weighted by Crippen LogP contribution is -2.28. The van der Waals surface area contributed by atoms with Gasteiger partial charge >= 0.3 is 0 Å². The van der Waals surface area contributed by atoms with Crippen LogP contribution in [0.3, 0.4) is 0 Å². The highest BCUT2D eigenvalue weighted by Crippen LogP contribution is 2.27. The van der Waals surface area contributed by atoms with E-state index in [-0.39, 0.29) is 6.04 Å². The van der Waals surface area contributed by atoms with Gasteiger partial charge in [0.15, 0.2) is 0 Å². The van der Waals surface area contributed by atoms with Gasteiger partial charge in [-0.3, -0.25) is 0 Å². The standard InChI is InChI=1S/C17H21N3/c1-2-3-6-14(12-19)20-17-10-9-13(11-18)15-7-4-5-8-16(15)17/h4-5,7-10,14,20H,2-3,6,12,19H2,1H3. The lowest BCUT2D eigenvalue weighted by atomic mass is 10.0. The normalized spacial score (nSPS) is 12.1. The lowest BCUT2D eigenvalue weighted by Gasteiger charge is -2.19. The lowest BCUT2D eigenvalue weighted by molar-refractivity contribution is 0.615. The Morgan fingerprint density at radius 1 is 1.20 bits per heavy atom. The van der Waals surface area contributed by atoms with E-state index in [0.717, 1.165) is 22.9 Å². The molecule has 2 aromatic carbocycles. The summed E-state index contributed by atoms with van der Waals surface area (Å²) in [5.41, 5.74) is 7.62. The summed E-state index contributed by atoms with van der Waals surface area (Å²) in [7, 11) is 0. The number of hydrogen-bond acceptors (Lipinski definition) is 3. The summed E-state index contributed by atoms with van der Waals surface area (Å²) in [5, 5.41) is 14.8. The van der Waals surface area contributed by atoms with Crippen molar-refractivity contribution in [3.8, 4) is 6.07 Å². The first-order valence-corrected chi connectivity index (χ1v) is 7.18. The minimum Gasteiger partial charge on any atom is -0.381 e. The largest absolute Gasteiger partial charge is 0.381 e. The molecule has 104 valence electrons. The maximum Gasteiger partial charge on any atom is 0.0998 e. The molecule has 0 aromatic heterocycles.